The van der Waals surface area contributed by atoms with Gasteiger partial charge in [0, 0.05) is 5.57 Å². The van der Waals surface area contributed by atoms with Crippen molar-refractivity contribution in [1.29, 1.82) is 0 Å². The maximum Gasteiger partial charge on any atom is 0.333 e. The van der Waals surface area contributed by atoms with Gasteiger partial charge in [-0.3, -0.25) is 4.79 Å². The number of carbonyl (C=O) groups excluding carboxylic acids is 2. The van der Waals surface area contributed by atoms with E-state index in [2.05, 4.69) is 11.9 Å². The van der Waals surface area contributed by atoms with Crippen LogP contribution in [0.2, 0.25) is 0 Å². The summed E-state index contributed by atoms with van der Waals surface area (Å²) < 4.78 is 10.5. The third-order valence-electron chi connectivity index (χ3n) is 2.59. The van der Waals surface area contributed by atoms with Crippen LogP contribution in [0, 0.1) is 0 Å². The zero-order chi connectivity index (χ0) is 15.1. The summed E-state index contributed by atoms with van der Waals surface area (Å²) in [6, 6.07) is 0. The molecule has 5 nitrogen and oxygen atoms in total. The lowest BCUT2D eigenvalue weighted by Gasteiger charge is -2.27. The number of rotatable bonds is 8. The Labute approximate surface area is 115 Å². The van der Waals surface area contributed by atoms with Crippen LogP contribution in [0.1, 0.15) is 41.0 Å². The lowest BCUT2D eigenvalue weighted by Crippen LogP contribution is -2.46. The fourth-order valence-electron chi connectivity index (χ4n) is 1.28. The summed E-state index contributed by atoms with van der Waals surface area (Å²) in [6.07, 6.45) is 0.856. The first-order valence-corrected chi connectivity index (χ1v) is 6.49. The topological polar surface area (TPSA) is 64.6 Å². The molecule has 0 radical (unpaired) electrons. The van der Waals surface area contributed by atoms with Crippen molar-refractivity contribution in [3.63, 3.8) is 0 Å². The molecule has 0 aromatic rings. The maximum atomic E-state index is 11.9. The van der Waals surface area contributed by atoms with Crippen molar-refractivity contribution in [1.82, 2.24) is 5.32 Å². The van der Waals surface area contributed by atoms with Crippen LogP contribution in [0.4, 0.5) is 0 Å². The molecule has 0 saturated carbocycles. The largest absolute Gasteiger partial charge is 0.460 e. The highest BCUT2D eigenvalue weighted by Gasteiger charge is 2.29. The summed E-state index contributed by atoms with van der Waals surface area (Å²) in [5.74, 6) is -0.677. The van der Waals surface area contributed by atoms with E-state index in [9.17, 15) is 9.59 Å². The highest BCUT2D eigenvalue weighted by Crippen LogP contribution is 2.14. The zero-order valence-corrected chi connectivity index (χ0v) is 12.5. The molecule has 0 heterocycles. The van der Waals surface area contributed by atoms with Crippen molar-refractivity contribution in [2.24, 2.45) is 0 Å². The minimum absolute atomic E-state index is 0.0157. The number of carbonyl (C=O) groups is 2. The number of amides is 1. The van der Waals surface area contributed by atoms with Crippen LogP contribution in [0.3, 0.4) is 0 Å². The molecule has 1 unspecified atom stereocenters. The second-order valence-electron chi connectivity index (χ2n) is 5.02. The smallest absolute Gasteiger partial charge is 0.333 e. The van der Waals surface area contributed by atoms with Crippen LogP contribution in [-0.4, -0.2) is 36.7 Å². The molecule has 0 aliphatic heterocycles. The first-order valence-electron chi connectivity index (χ1n) is 6.49. The predicted molar refractivity (Wildman–Crippen MR) is 73.7 cm³/mol. The number of hydrogen-bond acceptors (Lipinski definition) is 4. The quantitative estimate of drug-likeness (QED) is 0.415. The van der Waals surface area contributed by atoms with Gasteiger partial charge in [0.05, 0.1) is 12.6 Å². The molecular formula is C14H25NO4. The van der Waals surface area contributed by atoms with Gasteiger partial charge in [-0.2, -0.15) is 0 Å². The second-order valence-corrected chi connectivity index (χ2v) is 5.02. The van der Waals surface area contributed by atoms with Gasteiger partial charge in [-0.1, -0.05) is 13.5 Å². The molecule has 0 aliphatic carbocycles. The molecule has 110 valence electrons. The van der Waals surface area contributed by atoms with Gasteiger partial charge in [0.25, 0.3) is 5.91 Å². The predicted octanol–water partition coefficient (Wildman–Crippen LogP) is 1.82. The van der Waals surface area contributed by atoms with E-state index >= 15 is 0 Å². The lowest BCUT2D eigenvalue weighted by atomic mass is 10.1. The average molecular weight is 271 g/mol. The van der Waals surface area contributed by atoms with Crippen LogP contribution >= 0.6 is 0 Å². The van der Waals surface area contributed by atoms with Crippen molar-refractivity contribution in [2.75, 3.05) is 13.2 Å². The van der Waals surface area contributed by atoms with Gasteiger partial charge in [-0.05, 0) is 34.1 Å². The molecule has 0 aromatic carbocycles. The van der Waals surface area contributed by atoms with E-state index in [-0.39, 0.29) is 25.2 Å². The molecule has 0 fully saturated rings. The Morgan fingerprint density at radius 3 is 2.42 bits per heavy atom. The minimum Gasteiger partial charge on any atom is -0.460 e. The summed E-state index contributed by atoms with van der Waals surface area (Å²) >= 11 is 0. The number of hydrogen-bond donors (Lipinski definition) is 1. The molecule has 0 bridgehead atoms. The van der Waals surface area contributed by atoms with E-state index in [0.29, 0.717) is 5.57 Å². The molecule has 0 aliphatic rings. The minimum atomic E-state index is -0.895. The van der Waals surface area contributed by atoms with Gasteiger partial charge in [0.15, 0.2) is 0 Å². The van der Waals surface area contributed by atoms with Crippen LogP contribution < -0.4 is 5.32 Å². The van der Waals surface area contributed by atoms with Gasteiger partial charge in [-0.25, -0.2) is 4.79 Å². The van der Waals surface area contributed by atoms with Gasteiger partial charge in [-0.15, -0.1) is 0 Å². The molecule has 0 saturated heterocycles. The SMILES string of the molecule is C=C(C)C(=O)OCCNC(=O)C(C)(C)OC(C)CC. The number of nitrogens with one attached hydrogen (secondary N) is 1. The molecule has 5 heteroatoms. The lowest BCUT2D eigenvalue weighted by molar-refractivity contribution is -0.149. The molecule has 0 spiro atoms. The third kappa shape index (κ3) is 6.96. The molecule has 0 rings (SSSR count). The monoisotopic (exact) mass is 271 g/mol. The fraction of sp³-hybridized carbons (Fsp3) is 0.714. The summed E-state index contributed by atoms with van der Waals surface area (Å²) in [5, 5.41) is 2.68. The fourth-order valence-corrected chi connectivity index (χ4v) is 1.28. The van der Waals surface area contributed by atoms with Crippen LogP contribution in [0.15, 0.2) is 12.2 Å². The highest BCUT2D eigenvalue weighted by atomic mass is 16.5. The van der Waals surface area contributed by atoms with Gasteiger partial charge < -0.3 is 14.8 Å². The first-order chi connectivity index (χ1) is 8.70. The van der Waals surface area contributed by atoms with Crippen LogP contribution in [0.5, 0.6) is 0 Å². The normalized spacial score (nSPS) is 12.7. The molecule has 0 aromatic heterocycles. The zero-order valence-electron chi connectivity index (χ0n) is 12.5. The Balaban J connectivity index is 4.03. The third-order valence-corrected chi connectivity index (χ3v) is 2.59. The van der Waals surface area contributed by atoms with E-state index in [4.69, 9.17) is 9.47 Å². The van der Waals surface area contributed by atoms with E-state index in [1.807, 2.05) is 13.8 Å². The van der Waals surface area contributed by atoms with Gasteiger partial charge >= 0.3 is 5.97 Å². The van der Waals surface area contributed by atoms with E-state index in [1.54, 1.807) is 20.8 Å². The Kier molecular flexibility index (Phi) is 7.37. The summed E-state index contributed by atoms with van der Waals surface area (Å²) in [5.41, 5.74) is -0.555. The van der Waals surface area contributed by atoms with Crippen molar-refractivity contribution in [2.45, 2.75) is 52.7 Å². The summed E-state index contributed by atoms with van der Waals surface area (Å²) in [4.78, 5) is 23.0. The first kappa shape index (κ1) is 17.6. The maximum absolute atomic E-state index is 11.9. The van der Waals surface area contributed by atoms with Gasteiger partial charge in [0.2, 0.25) is 0 Å². The number of ether oxygens (including phenoxy) is 2. The van der Waals surface area contributed by atoms with Crippen molar-refractivity contribution in [3.05, 3.63) is 12.2 Å². The summed E-state index contributed by atoms with van der Waals surface area (Å²) in [7, 11) is 0. The van der Waals surface area contributed by atoms with E-state index < -0.39 is 11.6 Å². The molecule has 1 atom stereocenters. The Bertz CT molecular complexity index is 336. The van der Waals surface area contributed by atoms with Crippen molar-refractivity contribution < 1.29 is 19.1 Å². The van der Waals surface area contributed by atoms with Gasteiger partial charge in [0.1, 0.15) is 12.2 Å². The van der Waals surface area contributed by atoms with Crippen LogP contribution in [0.25, 0.3) is 0 Å². The Morgan fingerprint density at radius 2 is 1.95 bits per heavy atom. The molecular weight excluding hydrogens is 246 g/mol. The summed E-state index contributed by atoms with van der Waals surface area (Å²) in [6.45, 7) is 12.8. The highest BCUT2D eigenvalue weighted by molar-refractivity contribution is 5.87. The molecule has 1 N–H and O–H groups in total. The number of esters is 1. The molecule has 19 heavy (non-hydrogen) atoms. The molecule has 1 amide bonds. The second kappa shape index (κ2) is 7.94. The Hall–Kier alpha value is -1.36. The standard InChI is InChI=1S/C14H25NO4/c1-7-11(4)19-14(5,6)13(17)15-8-9-18-12(16)10(2)3/h11H,2,7-9H2,1,3-6H3,(H,15,17). The average Bonchev–Trinajstić information content (AvgIpc) is 2.32. The van der Waals surface area contributed by atoms with Crippen molar-refractivity contribution in [3.8, 4) is 0 Å². The Morgan fingerprint density at radius 1 is 1.37 bits per heavy atom. The van der Waals surface area contributed by atoms with Crippen LogP contribution in [-0.2, 0) is 19.1 Å². The van der Waals surface area contributed by atoms with E-state index in [1.165, 1.54) is 0 Å². The van der Waals surface area contributed by atoms with E-state index in [0.717, 1.165) is 6.42 Å². The van der Waals surface area contributed by atoms with Crippen molar-refractivity contribution >= 4 is 11.9 Å².